The van der Waals surface area contributed by atoms with E-state index in [1.165, 1.54) is 0 Å². The lowest BCUT2D eigenvalue weighted by molar-refractivity contribution is -0.126. The molecule has 3 rings (SSSR count). The lowest BCUT2D eigenvalue weighted by Crippen LogP contribution is -2.55. The van der Waals surface area contributed by atoms with Crippen molar-refractivity contribution in [2.75, 3.05) is 31.5 Å². The third-order valence-corrected chi connectivity index (χ3v) is 4.72. The Hall–Kier alpha value is -2.59. The van der Waals surface area contributed by atoms with Crippen molar-refractivity contribution < 1.29 is 9.59 Å². The Bertz CT molecular complexity index is 670. The van der Waals surface area contributed by atoms with Crippen molar-refractivity contribution in [2.45, 2.75) is 31.8 Å². The van der Waals surface area contributed by atoms with Crippen molar-refractivity contribution in [1.82, 2.24) is 15.1 Å². The molecule has 1 aromatic rings. The lowest BCUT2D eigenvalue weighted by Gasteiger charge is -2.37. The molecule has 132 valence electrons. The number of carbonyl (C=O) groups excluding carboxylic acids is 2. The first kappa shape index (κ1) is 17.2. The zero-order valence-corrected chi connectivity index (χ0v) is 14.4. The Kier molecular flexibility index (Phi) is 5.19. The van der Waals surface area contributed by atoms with E-state index in [1.54, 1.807) is 29.2 Å². The number of hydrogen-bond donors (Lipinski definition) is 2. The van der Waals surface area contributed by atoms with E-state index >= 15 is 0 Å². The predicted octanol–water partition coefficient (Wildman–Crippen LogP) is 1.37. The molecule has 1 unspecified atom stereocenters. The van der Waals surface area contributed by atoms with E-state index in [2.05, 4.69) is 15.5 Å². The van der Waals surface area contributed by atoms with Crippen molar-refractivity contribution in [1.29, 1.82) is 5.26 Å². The molecule has 3 amide bonds. The number of urea groups is 1. The number of amides is 3. The number of benzene rings is 1. The van der Waals surface area contributed by atoms with Crippen LogP contribution in [-0.4, -0.2) is 60.0 Å². The maximum atomic E-state index is 12.3. The van der Waals surface area contributed by atoms with Crippen molar-refractivity contribution in [2.24, 2.45) is 0 Å². The molecular weight excluding hydrogens is 318 g/mol. The summed E-state index contributed by atoms with van der Waals surface area (Å²) in [5.41, 5.74) is 1.23. The summed E-state index contributed by atoms with van der Waals surface area (Å²) in [6.07, 6.45) is 2.17. The minimum Gasteiger partial charge on any atom is -0.352 e. The van der Waals surface area contributed by atoms with Crippen LogP contribution in [-0.2, 0) is 4.79 Å². The Morgan fingerprint density at radius 1 is 1.16 bits per heavy atom. The van der Waals surface area contributed by atoms with E-state index in [4.69, 9.17) is 5.26 Å². The van der Waals surface area contributed by atoms with Gasteiger partial charge in [0.2, 0.25) is 5.91 Å². The quantitative estimate of drug-likeness (QED) is 0.866. The molecule has 7 nitrogen and oxygen atoms in total. The first-order valence-electron chi connectivity index (χ1n) is 8.67. The van der Waals surface area contributed by atoms with Crippen molar-refractivity contribution in [3.8, 4) is 6.07 Å². The molecule has 2 N–H and O–H groups in total. The topological polar surface area (TPSA) is 88.5 Å². The molecule has 1 aliphatic carbocycles. The summed E-state index contributed by atoms with van der Waals surface area (Å²) < 4.78 is 0. The van der Waals surface area contributed by atoms with Gasteiger partial charge in [0.05, 0.1) is 17.7 Å². The van der Waals surface area contributed by atoms with Gasteiger partial charge in [0.15, 0.2) is 0 Å². The van der Waals surface area contributed by atoms with Gasteiger partial charge in [-0.25, -0.2) is 4.79 Å². The fraction of sp³-hybridized carbons (Fsp3) is 0.500. The molecule has 1 atom stereocenters. The molecule has 2 aliphatic rings. The van der Waals surface area contributed by atoms with Crippen LogP contribution in [0.25, 0.3) is 0 Å². The molecule has 1 heterocycles. The first-order chi connectivity index (χ1) is 12.1. The van der Waals surface area contributed by atoms with Crippen LogP contribution in [0.5, 0.6) is 0 Å². The van der Waals surface area contributed by atoms with Gasteiger partial charge >= 0.3 is 6.03 Å². The highest BCUT2D eigenvalue weighted by Crippen LogP contribution is 2.19. The molecule has 1 aliphatic heterocycles. The minimum atomic E-state index is -0.163. The normalized spacial score (nSPS) is 19.0. The molecule has 0 spiro atoms. The molecule has 1 saturated heterocycles. The maximum absolute atomic E-state index is 12.3. The molecule has 0 bridgehead atoms. The SMILES string of the molecule is CC(C(=O)NC1CC1)N1CCN(C(=O)Nc2ccc(C#N)cc2)CC1. The average Bonchev–Trinajstić information content (AvgIpc) is 3.45. The molecule has 25 heavy (non-hydrogen) atoms. The number of piperazine rings is 1. The third-order valence-electron chi connectivity index (χ3n) is 4.72. The Balaban J connectivity index is 1.46. The highest BCUT2D eigenvalue weighted by molar-refractivity contribution is 5.89. The van der Waals surface area contributed by atoms with E-state index in [1.807, 2.05) is 13.0 Å². The zero-order chi connectivity index (χ0) is 17.8. The maximum Gasteiger partial charge on any atom is 0.321 e. The Morgan fingerprint density at radius 3 is 2.36 bits per heavy atom. The summed E-state index contributed by atoms with van der Waals surface area (Å²) in [6.45, 7) is 4.45. The zero-order valence-electron chi connectivity index (χ0n) is 14.4. The minimum absolute atomic E-state index is 0.0815. The van der Waals surface area contributed by atoms with Gasteiger partial charge in [0, 0.05) is 37.9 Å². The Morgan fingerprint density at radius 2 is 1.80 bits per heavy atom. The molecule has 0 radical (unpaired) electrons. The van der Waals surface area contributed by atoms with Gasteiger partial charge in [-0.15, -0.1) is 0 Å². The summed E-state index contributed by atoms with van der Waals surface area (Å²) in [5.74, 6) is 0.0815. The Labute approximate surface area is 147 Å². The van der Waals surface area contributed by atoms with Gasteiger partial charge in [-0.05, 0) is 44.0 Å². The smallest absolute Gasteiger partial charge is 0.321 e. The van der Waals surface area contributed by atoms with Crippen molar-refractivity contribution in [3.05, 3.63) is 29.8 Å². The fourth-order valence-electron chi connectivity index (χ4n) is 2.86. The largest absolute Gasteiger partial charge is 0.352 e. The number of nitriles is 1. The summed E-state index contributed by atoms with van der Waals surface area (Å²) in [7, 11) is 0. The monoisotopic (exact) mass is 341 g/mol. The van der Waals surface area contributed by atoms with Gasteiger partial charge in [0.1, 0.15) is 0 Å². The number of nitrogens with zero attached hydrogens (tertiary/aromatic N) is 3. The van der Waals surface area contributed by atoms with Gasteiger partial charge in [-0.3, -0.25) is 9.69 Å². The van der Waals surface area contributed by atoms with Crippen LogP contribution in [0.1, 0.15) is 25.3 Å². The van der Waals surface area contributed by atoms with Crippen LogP contribution < -0.4 is 10.6 Å². The van der Waals surface area contributed by atoms with E-state index in [9.17, 15) is 9.59 Å². The van der Waals surface area contributed by atoms with E-state index in [-0.39, 0.29) is 18.0 Å². The fourth-order valence-corrected chi connectivity index (χ4v) is 2.86. The third kappa shape index (κ3) is 4.48. The van der Waals surface area contributed by atoms with Gasteiger partial charge in [-0.1, -0.05) is 0 Å². The molecule has 1 saturated carbocycles. The van der Waals surface area contributed by atoms with Gasteiger partial charge in [0.25, 0.3) is 0 Å². The molecule has 7 heteroatoms. The standard InChI is InChI=1S/C18H23N5O2/c1-13(17(24)20-15-6-7-15)22-8-10-23(11-9-22)18(25)21-16-4-2-14(12-19)3-5-16/h2-5,13,15H,6-11H2,1H3,(H,20,24)(H,21,25). The van der Waals surface area contributed by atoms with E-state index < -0.39 is 0 Å². The highest BCUT2D eigenvalue weighted by atomic mass is 16.2. The predicted molar refractivity (Wildman–Crippen MR) is 93.9 cm³/mol. The number of carbonyl (C=O) groups is 2. The van der Waals surface area contributed by atoms with Crippen molar-refractivity contribution in [3.63, 3.8) is 0 Å². The van der Waals surface area contributed by atoms with Gasteiger partial charge < -0.3 is 15.5 Å². The number of hydrogen-bond acceptors (Lipinski definition) is 4. The van der Waals surface area contributed by atoms with Crippen LogP contribution in [0.4, 0.5) is 10.5 Å². The first-order valence-corrected chi connectivity index (χ1v) is 8.67. The molecule has 2 fully saturated rings. The average molecular weight is 341 g/mol. The molecule has 1 aromatic carbocycles. The molecular formula is C18H23N5O2. The van der Waals surface area contributed by atoms with E-state index in [0.717, 1.165) is 12.8 Å². The second-order valence-corrected chi connectivity index (χ2v) is 6.60. The summed E-state index contributed by atoms with van der Waals surface area (Å²) in [6, 6.07) is 8.89. The van der Waals surface area contributed by atoms with E-state index in [0.29, 0.717) is 43.5 Å². The van der Waals surface area contributed by atoms with Gasteiger partial charge in [-0.2, -0.15) is 5.26 Å². The van der Waals surface area contributed by atoms with Crippen LogP contribution in [0.15, 0.2) is 24.3 Å². The summed E-state index contributed by atoms with van der Waals surface area (Å²) in [5, 5.41) is 14.7. The number of nitrogens with one attached hydrogen (secondary N) is 2. The second-order valence-electron chi connectivity index (χ2n) is 6.60. The lowest BCUT2D eigenvalue weighted by atomic mass is 10.2. The molecule has 0 aromatic heterocycles. The number of anilines is 1. The van der Waals surface area contributed by atoms with Crippen LogP contribution in [0.2, 0.25) is 0 Å². The van der Waals surface area contributed by atoms with Crippen LogP contribution in [0.3, 0.4) is 0 Å². The van der Waals surface area contributed by atoms with Crippen LogP contribution in [0, 0.1) is 11.3 Å². The summed E-state index contributed by atoms with van der Waals surface area (Å²) in [4.78, 5) is 28.3. The van der Waals surface area contributed by atoms with Crippen molar-refractivity contribution >= 4 is 17.6 Å². The summed E-state index contributed by atoms with van der Waals surface area (Å²) >= 11 is 0. The second kappa shape index (κ2) is 7.53. The number of rotatable bonds is 4. The van der Waals surface area contributed by atoms with Crippen LogP contribution >= 0.6 is 0 Å². The highest BCUT2D eigenvalue weighted by Gasteiger charge is 2.30.